The summed E-state index contributed by atoms with van der Waals surface area (Å²) in [6.07, 6.45) is 3.21. The molecular formula is C13H21N3. The Kier molecular flexibility index (Phi) is 3.56. The summed E-state index contributed by atoms with van der Waals surface area (Å²) in [7, 11) is 2.19. The van der Waals surface area contributed by atoms with Crippen LogP contribution in [0.4, 0.5) is 0 Å². The molecule has 1 aromatic heterocycles. The Balaban J connectivity index is 1.82. The van der Waals surface area contributed by atoms with E-state index in [0.29, 0.717) is 12.1 Å². The fraction of sp³-hybridized carbons (Fsp3) is 0.615. The molecule has 1 aromatic rings. The van der Waals surface area contributed by atoms with Crippen molar-refractivity contribution in [2.45, 2.75) is 38.9 Å². The molecule has 2 heterocycles. The predicted octanol–water partition coefficient (Wildman–Crippen LogP) is 1.57. The van der Waals surface area contributed by atoms with Crippen molar-refractivity contribution in [3.8, 4) is 0 Å². The Bertz CT molecular complexity index is 324. The third-order valence-corrected chi connectivity index (χ3v) is 3.45. The topological polar surface area (TPSA) is 28.2 Å². The van der Waals surface area contributed by atoms with Gasteiger partial charge in [0.25, 0.3) is 0 Å². The summed E-state index contributed by atoms with van der Waals surface area (Å²) in [5.74, 6) is 0. The number of likely N-dealkylation sites (tertiary alicyclic amines) is 1. The minimum atomic E-state index is 0.626. The van der Waals surface area contributed by atoms with Crippen LogP contribution in [0.3, 0.4) is 0 Å². The van der Waals surface area contributed by atoms with E-state index < -0.39 is 0 Å². The van der Waals surface area contributed by atoms with Crippen molar-refractivity contribution < 1.29 is 0 Å². The van der Waals surface area contributed by atoms with Gasteiger partial charge in [-0.2, -0.15) is 0 Å². The van der Waals surface area contributed by atoms with E-state index in [9.17, 15) is 0 Å². The molecule has 0 aliphatic carbocycles. The molecule has 0 spiro atoms. The largest absolute Gasteiger partial charge is 0.309 e. The van der Waals surface area contributed by atoms with Crippen LogP contribution in [-0.4, -0.2) is 35.6 Å². The summed E-state index contributed by atoms with van der Waals surface area (Å²) in [6, 6.07) is 5.55. The summed E-state index contributed by atoms with van der Waals surface area (Å²) >= 11 is 0. The van der Waals surface area contributed by atoms with Gasteiger partial charge in [-0.25, -0.2) is 0 Å². The third-order valence-electron chi connectivity index (χ3n) is 3.45. The molecule has 88 valence electrons. The predicted molar refractivity (Wildman–Crippen MR) is 66.3 cm³/mol. The van der Waals surface area contributed by atoms with Crippen molar-refractivity contribution in [3.05, 3.63) is 29.6 Å². The minimum Gasteiger partial charge on any atom is -0.309 e. The van der Waals surface area contributed by atoms with Gasteiger partial charge < -0.3 is 10.2 Å². The molecule has 16 heavy (non-hydrogen) atoms. The average molecular weight is 219 g/mol. The molecular weight excluding hydrogens is 198 g/mol. The van der Waals surface area contributed by atoms with E-state index >= 15 is 0 Å². The van der Waals surface area contributed by atoms with Crippen molar-refractivity contribution in [2.75, 3.05) is 13.6 Å². The number of hydrogen-bond acceptors (Lipinski definition) is 3. The molecule has 1 aliphatic rings. The molecule has 0 bridgehead atoms. The zero-order valence-electron chi connectivity index (χ0n) is 10.4. The highest BCUT2D eigenvalue weighted by Crippen LogP contribution is 2.15. The van der Waals surface area contributed by atoms with Gasteiger partial charge in [0.05, 0.1) is 0 Å². The SMILES string of the molecule is Cc1ccc(CNC2CC(C)N(C)C2)cn1. The normalized spacial score (nSPS) is 26.2. The molecule has 2 rings (SSSR count). The lowest BCUT2D eigenvalue weighted by Crippen LogP contribution is -2.31. The second-order valence-electron chi connectivity index (χ2n) is 4.91. The Hall–Kier alpha value is -0.930. The summed E-state index contributed by atoms with van der Waals surface area (Å²) in [5, 5.41) is 3.60. The molecule has 1 saturated heterocycles. The first-order valence-electron chi connectivity index (χ1n) is 6.00. The van der Waals surface area contributed by atoms with Crippen LogP contribution in [0.5, 0.6) is 0 Å². The summed E-state index contributed by atoms with van der Waals surface area (Å²) in [4.78, 5) is 6.71. The van der Waals surface area contributed by atoms with Crippen LogP contribution in [-0.2, 0) is 6.54 Å². The van der Waals surface area contributed by atoms with E-state index in [0.717, 1.165) is 18.8 Å². The van der Waals surface area contributed by atoms with E-state index in [-0.39, 0.29) is 0 Å². The maximum absolute atomic E-state index is 4.30. The molecule has 3 nitrogen and oxygen atoms in total. The van der Waals surface area contributed by atoms with Gasteiger partial charge in [0, 0.05) is 37.1 Å². The highest BCUT2D eigenvalue weighted by atomic mass is 15.2. The molecule has 2 atom stereocenters. The van der Waals surface area contributed by atoms with Crippen LogP contribution in [0.25, 0.3) is 0 Å². The highest BCUT2D eigenvalue weighted by Gasteiger charge is 2.25. The second kappa shape index (κ2) is 4.93. The lowest BCUT2D eigenvalue weighted by atomic mass is 10.2. The summed E-state index contributed by atoms with van der Waals surface area (Å²) in [5.41, 5.74) is 2.35. The fourth-order valence-electron chi connectivity index (χ4n) is 2.21. The quantitative estimate of drug-likeness (QED) is 0.836. The number of rotatable bonds is 3. The van der Waals surface area contributed by atoms with Crippen LogP contribution in [0.15, 0.2) is 18.3 Å². The standard InChI is InChI=1S/C13H21N3/c1-10-4-5-12(7-14-10)8-15-13-6-11(2)16(3)9-13/h4-5,7,11,13,15H,6,8-9H2,1-3H3. The van der Waals surface area contributed by atoms with Gasteiger partial charge in [-0.15, -0.1) is 0 Å². The van der Waals surface area contributed by atoms with Crippen LogP contribution in [0, 0.1) is 6.92 Å². The first-order valence-corrected chi connectivity index (χ1v) is 6.00. The lowest BCUT2D eigenvalue weighted by Gasteiger charge is -2.13. The third kappa shape index (κ3) is 2.80. The van der Waals surface area contributed by atoms with Gasteiger partial charge in [0.1, 0.15) is 0 Å². The second-order valence-corrected chi connectivity index (χ2v) is 4.91. The average Bonchev–Trinajstić information content (AvgIpc) is 2.58. The molecule has 1 N–H and O–H groups in total. The fourth-order valence-corrected chi connectivity index (χ4v) is 2.21. The smallest absolute Gasteiger partial charge is 0.0372 e. The first kappa shape index (κ1) is 11.6. The first-order chi connectivity index (χ1) is 7.65. The van der Waals surface area contributed by atoms with E-state index in [1.165, 1.54) is 12.0 Å². The molecule has 0 aromatic carbocycles. The number of aromatic nitrogens is 1. The number of aryl methyl sites for hydroxylation is 1. The molecule has 3 heteroatoms. The molecule has 0 saturated carbocycles. The van der Waals surface area contributed by atoms with E-state index in [1.807, 2.05) is 13.1 Å². The Labute approximate surface area is 97.9 Å². The van der Waals surface area contributed by atoms with Crippen molar-refractivity contribution in [1.29, 1.82) is 0 Å². The number of nitrogens with one attached hydrogen (secondary N) is 1. The van der Waals surface area contributed by atoms with Crippen LogP contribution in [0.2, 0.25) is 0 Å². The Morgan fingerprint density at radius 1 is 1.50 bits per heavy atom. The van der Waals surface area contributed by atoms with Crippen LogP contribution in [0.1, 0.15) is 24.6 Å². The van der Waals surface area contributed by atoms with Gasteiger partial charge in [0.2, 0.25) is 0 Å². The van der Waals surface area contributed by atoms with Gasteiger partial charge in [-0.3, -0.25) is 4.98 Å². The minimum absolute atomic E-state index is 0.626. The summed E-state index contributed by atoms with van der Waals surface area (Å²) in [6.45, 7) is 6.39. The van der Waals surface area contributed by atoms with Crippen molar-refractivity contribution >= 4 is 0 Å². The van der Waals surface area contributed by atoms with Crippen molar-refractivity contribution in [2.24, 2.45) is 0 Å². The van der Waals surface area contributed by atoms with Crippen molar-refractivity contribution in [1.82, 2.24) is 15.2 Å². The summed E-state index contributed by atoms with van der Waals surface area (Å²) < 4.78 is 0. The molecule has 2 unspecified atom stereocenters. The molecule has 1 aliphatic heterocycles. The van der Waals surface area contributed by atoms with Crippen LogP contribution < -0.4 is 5.32 Å². The zero-order valence-corrected chi connectivity index (χ0v) is 10.4. The maximum atomic E-state index is 4.30. The maximum Gasteiger partial charge on any atom is 0.0372 e. The van der Waals surface area contributed by atoms with Gasteiger partial charge >= 0.3 is 0 Å². The van der Waals surface area contributed by atoms with E-state index in [2.05, 4.69) is 41.3 Å². The lowest BCUT2D eigenvalue weighted by molar-refractivity contribution is 0.326. The van der Waals surface area contributed by atoms with Gasteiger partial charge in [-0.05, 0) is 38.9 Å². The number of nitrogens with zero attached hydrogens (tertiary/aromatic N) is 2. The zero-order chi connectivity index (χ0) is 11.5. The molecule has 1 fully saturated rings. The number of pyridine rings is 1. The van der Waals surface area contributed by atoms with Gasteiger partial charge in [-0.1, -0.05) is 6.07 Å². The molecule has 0 radical (unpaired) electrons. The monoisotopic (exact) mass is 219 g/mol. The van der Waals surface area contributed by atoms with Crippen LogP contribution >= 0.6 is 0 Å². The van der Waals surface area contributed by atoms with Gasteiger partial charge in [0.15, 0.2) is 0 Å². The van der Waals surface area contributed by atoms with E-state index in [1.54, 1.807) is 0 Å². The van der Waals surface area contributed by atoms with Crippen molar-refractivity contribution in [3.63, 3.8) is 0 Å². The Morgan fingerprint density at radius 2 is 2.31 bits per heavy atom. The van der Waals surface area contributed by atoms with E-state index in [4.69, 9.17) is 0 Å². The number of likely N-dealkylation sites (N-methyl/N-ethyl adjacent to an activating group) is 1. The Morgan fingerprint density at radius 3 is 2.88 bits per heavy atom. The highest BCUT2D eigenvalue weighted by molar-refractivity contribution is 5.13. The number of hydrogen-bond donors (Lipinski definition) is 1. The molecule has 0 amide bonds.